The van der Waals surface area contributed by atoms with Gasteiger partial charge < -0.3 is 9.64 Å². The van der Waals surface area contributed by atoms with Crippen molar-refractivity contribution in [3.05, 3.63) is 46.2 Å². The van der Waals surface area contributed by atoms with Gasteiger partial charge in [0, 0.05) is 29.9 Å². The SMILES string of the molecule is COc1ccc(Cl)cc1CN(C)C(=O)c1cc(CC(C)C)[nH]n1. The van der Waals surface area contributed by atoms with Crippen LogP contribution in [0.1, 0.15) is 35.6 Å². The van der Waals surface area contributed by atoms with E-state index in [4.69, 9.17) is 16.3 Å². The monoisotopic (exact) mass is 335 g/mol. The van der Waals surface area contributed by atoms with E-state index in [0.717, 1.165) is 17.7 Å². The molecule has 2 aromatic rings. The summed E-state index contributed by atoms with van der Waals surface area (Å²) in [7, 11) is 3.33. The minimum Gasteiger partial charge on any atom is -0.496 e. The molecule has 0 bridgehead atoms. The number of amides is 1. The van der Waals surface area contributed by atoms with Crippen molar-refractivity contribution in [2.45, 2.75) is 26.8 Å². The lowest BCUT2D eigenvalue weighted by Crippen LogP contribution is -2.26. The smallest absolute Gasteiger partial charge is 0.274 e. The summed E-state index contributed by atoms with van der Waals surface area (Å²) < 4.78 is 5.32. The van der Waals surface area contributed by atoms with E-state index in [0.29, 0.717) is 28.9 Å². The molecule has 1 N–H and O–H groups in total. The Hall–Kier alpha value is -2.01. The van der Waals surface area contributed by atoms with E-state index in [1.165, 1.54) is 0 Å². The molecule has 2 rings (SSSR count). The first-order valence-corrected chi connectivity index (χ1v) is 7.90. The van der Waals surface area contributed by atoms with Crippen LogP contribution in [0.15, 0.2) is 24.3 Å². The van der Waals surface area contributed by atoms with Crippen molar-refractivity contribution in [3.63, 3.8) is 0 Å². The highest BCUT2D eigenvalue weighted by molar-refractivity contribution is 6.30. The number of carbonyl (C=O) groups excluding carboxylic acids is 1. The van der Waals surface area contributed by atoms with E-state index in [-0.39, 0.29) is 5.91 Å². The van der Waals surface area contributed by atoms with Crippen molar-refractivity contribution >= 4 is 17.5 Å². The lowest BCUT2D eigenvalue weighted by Gasteiger charge is -2.18. The summed E-state index contributed by atoms with van der Waals surface area (Å²) in [6.45, 7) is 4.65. The average Bonchev–Trinajstić information content (AvgIpc) is 2.94. The van der Waals surface area contributed by atoms with Crippen LogP contribution < -0.4 is 4.74 Å². The number of halogens is 1. The van der Waals surface area contributed by atoms with Crippen LogP contribution in [0.2, 0.25) is 5.02 Å². The number of nitrogens with one attached hydrogen (secondary N) is 1. The van der Waals surface area contributed by atoms with Gasteiger partial charge in [-0.25, -0.2) is 0 Å². The molecule has 1 aromatic carbocycles. The predicted molar refractivity (Wildman–Crippen MR) is 90.9 cm³/mol. The number of methoxy groups -OCH3 is 1. The first-order chi connectivity index (χ1) is 10.9. The molecule has 0 aliphatic heterocycles. The van der Waals surface area contributed by atoms with E-state index < -0.39 is 0 Å². The standard InChI is InChI=1S/C17H22ClN3O2/c1-11(2)7-14-9-15(20-19-14)17(22)21(3)10-12-8-13(18)5-6-16(12)23-4/h5-6,8-9,11H,7,10H2,1-4H3,(H,19,20). The van der Waals surface area contributed by atoms with Crippen LogP contribution in [0, 0.1) is 5.92 Å². The second-order valence-electron chi connectivity index (χ2n) is 5.99. The van der Waals surface area contributed by atoms with Crippen LogP contribution in [-0.4, -0.2) is 35.2 Å². The number of benzene rings is 1. The minimum absolute atomic E-state index is 0.140. The van der Waals surface area contributed by atoms with E-state index >= 15 is 0 Å². The Labute approximate surface area is 141 Å². The van der Waals surface area contributed by atoms with Crippen LogP contribution in [0.25, 0.3) is 0 Å². The van der Waals surface area contributed by atoms with Gasteiger partial charge in [-0.3, -0.25) is 9.89 Å². The van der Waals surface area contributed by atoms with Crippen molar-refractivity contribution in [2.24, 2.45) is 5.92 Å². The molecule has 5 nitrogen and oxygen atoms in total. The summed E-state index contributed by atoms with van der Waals surface area (Å²) in [6, 6.07) is 7.18. The van der Waals surface area contributed by atoms with E-state index in [2.05, 4.69) is 24.0 Å². The third kappa shape index (κ3) is 4.48. The topological polar surface area (TPSA) is 58.2 Å². The largest absolute Gasteiger partial charge is 0.496 e. The molecule has 0 saturated carbocycles. The van der Waals surface area contributed by atoms with Crippen molar-refractivity contribution in [1.82, 2.24) is 15.1 Å². The Morgan fingerprint density at radius 3 is 2.78 bits per heavy atom. The normalized spacial score (nSPS) is 10.9. The van der Waals surface area contributed by atoms with Crippen molar-refractivity contribution in [3.8, 4) is 5.75 Å². The number of nitrogens with zero attached hydrogens (tertiary/aromatic N) is 2. The fraction of sp³-hybridized carbons (Fsp3) is 0.412. The van der Waals surface area contributed by atoms with Gasteiger partial charge in [-0.15, -0.1) is 0 Å². The molecule has 0 spiro atoms. The second-order valence-corrected chi connectivity index (χ2v) is 6.43. The fourth-order valence-electron chi connectivity index (χ4n) is 2.41. The number of hydrogen-bond acceptors (Lipinski definition) is 3. The highest BCUT2D eigenvalue weighted by Gasteiger charge is 2.17. The number of carbonyl (C=O) groups is 1. The van der Waals surface area contributed by atoms with Crippen LogP contribution in [-0.2, 0) is 13.0 Å². The molecule has 1 aromatic heterocycles. The first kappa shape index (κ1) is 17.3. The summed E-state index contributed by atoms with van der Waals surface area (Å²) >= 11 is 6.03. The first-order valence-electron chi connectivity index (χ1n) is 7.53. The zero-order chi connectivity index (χ0) is 17.0. The Balaban J connectivity index is 2.11. The fourth-order valence-corrected chi connectivity index (χ4v) is 2.60. The Kier molecular flexibility index (Phi) is 5.66. The number of ether oxygens (including phenoxy) is 1. The van der Waals surface area contributed by atoms with Gasteiger partial charge in [-0.2, -0.15) is 5.10 Å². The minimum atomic E-state index is -0.140. The highest BCUT2D eigenvalue weighted by atomic mass is 35.5. The molecule has 6 heteroatoms. The molecule has 124 valence electrons. The lowest BCUT2D eigenvalue weighted by molar-refractivity contribution is 0.0778. The summed E-state index contributed by atoms with van der Waals surface area (Å²) in [5, 5.41) is 7.66. The van der Waals surface area contributed by atoms with Gasteiger partial charge in [0.15, 0.2) is 0 Å². The van der Waals surface area contributed by atoms with Crippen molar-refractivity contribution < 1.29 is 9.53 Å². The summed E-state index contributed by atoms with van der Waals surface area (Å²) in [6.07, 6.45) is 0.867. The molecule has 0 saturated heterocycles. The van der Waals surface area contributed by atoms with Crippen LogP contribution in [0.3, 0.4) is 0 Å². The maximum atomic E-state index is 12.5. The Morgan fingerprint density at radius 2 is 2.13 bits per heavy atom. The number of aromatic nitrogens is 2. The third-order valence-corrected chi connectivity index (χ3v) is 3.71. The average molecular weight is 336 g/mol. The molecule has 0 aliphatic rings. The molecule has 0 unspecified atom stereocenters. The molecular formula is C17H22ClN3O2. The summed E-state index contributed by atoms with van der Waals surface area (Å²) in [5.41, 5.74) is 2.25. The quantitative estimate of drug-likeness (QED) is 0.878. The lowest BCUT2D eigenvalue weighted by atomic mass is 10.1. The zero-order valence-electron chi connectivity index (χ0n) is 13.9. The molecule has 23 heavy (non-hydrogen) atoms. The zero-order valence-corrected chi connectivity index (χ0v) is 14.6. The van der Waals surface area contributed by atoms with Gasteiger partial charge >= 0.3 is 0 Å². The maximum Gasteiger partial charge on any atom is 0.274 e. The molecular weight excluding hydrogens is 314 g/mol. The Morgan fingerprint density at radius 1 is 1.39 bits per heavy atom. The van der Waals surface area contributed by atoms with E-state index in [1.54, 1.807) is 37.3 Å². The van der Waals surface area contributed by atoms with E-state index in [1.807, 2.05) is 6.07 Å². The molecule has 1 heterocycles. The molecule has 1 amide bonds. The van der Waals surface area contributed by atoms with Crippen LogP contribution in [0.4, 0.5) is 0 Å². The van der Waals surface area contributed by atoms with Crippen molar-refractivity contribution in [1.29, 1.82) is 0 Å². The number of H-pyrrole nitrogens is 1. The molecule has 0 aliphatic carbocycles. The summed E-state index contributed by atoms with van der Waals surface area (Å²) in [5.74, 6) is 1.07. The van der Waals surface area contributed by atoms with Gasteiger partial charge in [-0.05, 0) is 36.6 Å². The number of rotatable bonds is 6. The summed E-state index contributed by atoms with van der Waals surface area (Å²) in [4.78, 5) is 14.1. The van der Waals surface area contributed by atoms with Crippen LogP contribution >= 0.6 is 11.6 Å². The van der Waals surface area contributed by atoms with Gasteiger partial charge in [0.05, 0.1) is 7.11 Å². The highest BCUT2D eigenvalue weighted by Crippen LogP contribution is 2.24. The van der Waals surface area contributed by atoms with Gasteiger partial charge in [0.2, 0.25) is 0 Å². The van der Waals surface area contributed by atoms with Gasteiger partial charge in [0.1, 0.15) is 11.4 Å². The second kappa shape index (κ2) is 7.51. The predicted octanol–water partition coefficient (Wildman–Crippen LogP) is 3.54. The molecule has 0 fully saturated rings. The van der Waals surface area contributed by atoms with Gasteiger partial charge in [-0.1, -0.05) is 25.4 Å². The third-order valence-electron chi connectivity index (χ3n) is 3.47. The van der Waals surface area contributed by atoms with E-state index in [9.17, 15) is 4.79 Å². The van der Waals surface area contributed by atoms with Crippen LogP contribution in [0.5, 0.6) is 5.75 Å². The number of aromatic amines is 1. The number of hydrogen-bond donors (Lipinski definition) is 1. The van der Waals surface area contributed by atoms with Crippen molar-refractivity contribution in [2.75, 3.05) is 14.2 Å². The maximum absolute atomic E-state index is 12.5. The van der Waals surface area contributed by atoms with Gasteiger partial charge in [0.25, 0.3) is 5.91 Å². The molecule has 0 radical (unpaired) electrons. The molecule has 0 atom stereocenters. The Bertz CT molecular complexity index is 682.